The maximum Gasteiger partial charge on any atom is 0.261 e. The van der Waals surface area contributed by atoms with Gasteiger partial charge in [0.15, 0.2) is 4.83 Å². The van der Waals surface area contributed by atoms with Gasteiger partial charge in [-0.05, 0) is 49.8 Å². The first-order chi connectivity index (χ1) is 13.8. The molecular weight excluding hydrogens is 412 g/mol. The van der Waals surface area contributed by atoms with Gasteiger partial charge in [0.25, 0.3) is 11.5 Å². The first kappa shape index (κ1) is 22.6. The van der Waals surface area contributed by atoms with Gasteiger partial charge in [-0.1, -0.05) is 13.8 Å². The molecule has 0 saturated heterocycles. The Hall–Kier alpha value is -2.66. The molecule has 2 amide bonds. The van der Waals surface area contributed by atoms with Crippen LogP contribution in [0.4, 0.5) is 5.00 Å². The molecule has 0 bridgehead atoms. The maximum atomic E-state index is 11.6. The number of aromatic nitrogens is 4. The van der Waals surface area contributed by atoms with Crippen LogP contribution in [0.2, 0.25) is 0 Å². The molecule has 156 valence electrons. The summed E-state index contributed by atoms with van der Waals surface area (Å²) in [6, 6.07) is 0. The molecule has 9 nitrogen and oxygen atoms in total. The Labute approximate surface area is 176 Å². The topological polar surface area (TPSA) is 144 Å². The summed E-state index contributed by atoms with van der Waals surface area (Å²) in [4.78, 5) is 41.9. The second-order valence-electron chi connectivity index (χ2n) is 6.35. The standard InChI is InChI=1S/C9H13N3O2S.C9H11N3OS/c1-3-4-6(13)11-9-7(8(10)14)5(2)12-15-9;1-3-4-6-10-8(13)7-5(2)12-14-9(7)11-6/h3-4H2,1-2H3,(H2,10,14)(H,11,13);3-4H2,1-2H3,(H,10,11,13). The SMILES string of the molecule is CCCC(=O)Nc1snc(C)c1C(N)=O.CCCc1nc2snc(C)c2c(=O)[nH]1. The van der Waals surface area contributed by atoms with Crippen molar-refractivity contribution in [2.45, 2.75) is 53.4 Å². The van der Waals surface area contributed by atoms with Crippen LogP contribution in [-0.4, -0.2) is 30.5 Å². The van der Waals surface area contributed by atoms with E-state index in [4.69, 9.17) is 5.73 Å². The number of carbonyl (C=O) groups excluding carboxylic acids is 2. The molecule has 4 N–H and O–H groups in total. The molecule has 0 aliphatic heterocycles. The smallest absolute Gasteiger partial charge is 0.261 e. The van der Waals surface area contributed by atoms with Gasteiger partial charge in [0.05, 0.1) is 22.3 Å². The summed E-state index contributed by atoms with van der Waals surface area (Å²) in [5, 5.41) is 3.71. The van der Waals surface area contributed by atoms with E-state index in [1.807, 2.05) is 13.8 Å². The largest absolute Gasteiger partial charge is 0.365 e. The number of nitrogens with one attached hydrogen (secondary N) is 2. The van der Waals surface area contributed by atoms with Crippen molar-refractivity contribution in [1.29, 1.82) is 0 Å². The third-order valence-corrected chi connectivity index (χ3v) is 5.58. The van der Waals surface area contributed by atoms with Gasteiger partial charge < -0.3 is 16.0 Å². The zero-order chi connectivity index (χ0) is 21.6. The average molecular weight is 437 g/mol. The van der Waals surface area contributed by atoms with Crippen LogP contribution in [0.25, 0.3) is 10.2 Å². The Balaban J connectivity index is 0.000000207. The fraction of sp³-hybridized carbons (Fsp3) is 0.444. The predicted octanol–water partition coefficient (Wildman–Crippen LogP) is 2.93. The van der Waals surface area contributed by atoms with Crippen LogP contribution in [0.15, 0.2) is 4.79 Å². The van der Waals surface area contributed by atoms with E-state index in [1.165, 1.54) is 11.5 Å². The van der Waals surface area contributed by atoms with Gasteiger partial charge in [0, 0.05) is 12.8 Å². The van der Waals surface area contributed by atoms with E-state index in [0.717, 1.165) is 47.1 Å². The van der Waals surface area contributed by atoms with Gasteiger partial charge in [-0.15, -0.1) is 0 Å². The Kier molecular flexibility index (Phi) is 7.97. The summed E-state index contributed by atoms with van der Waals surface area (Å²) in [6.07, 6.45) is 2.97. The maximum absolute atomic E-state index is 11.6. The molecule has 0 radical (unpaired) electrons. The number of rotatable bonds is 6. The third kappa shape index (κ3) is 5.67. The van der Waals surface area contributed by atoms with Gasteiger partial charge >= 0.3 is 0 Å². The van der Waals surface area contributed by atoms with Crippen molar-refractivity contribution >= 4 is 50.1 Å². The number of aromatic amines is 1. The van der Waals surface area contributed by atoms with E-state index >= 15 is 0 Å². The fourth-order valence-corrected chi connectivity index (χ4v) is 4.17. The second kappa shape index (κ2) is 10.2. The van der Waals surface area contributed by atoms with Crippen molar-refractivity contribution in [1.82, 2.24) is 18.7 Å². The highest BCUT2D eigenvalue weighted by Gasteiger charge is 2.17. The molecule has 0 unspecified atom stereocenters. The molecule has 3 aromatic heterocycles. The minimum Gasteiger partial charge on any atom is -0.365 e. The lowest BCUT2D eigenvalue weighted by Gasteiger charge is -2.02. The minimum absolute atomic E-state index is 0.0651. The highest BCUT2D eigenvalue weighted by atomic mass is 32.1. The van der Waals surface area contributed by atoms with E-state index in [-0.39, 0.29) is 11.5 Å². The van der Waals surface area contributed by atoms with Crippen molar-refractivity contribution in [3.63, 3.8) is 0 Å². The molecule has 29 heavy (non-hydrogen) atoms. The molecule has 3 aromatic rings. The quantitative estimate of drug-likeness (QED) is 0.542. The third-order valence-electron chi connectivity index (χ3n) is 3.89. The van der Waals surface area contributed by atoms with Gasteiger partial charge in [-0.25, -0.2) is 4.98 Å². The lowest BCUT2D eigenvalue weighted by molar-refractivity contribution is -0.116. The van der Waals surface area contributed by atoms with E-state index in [1.54, 1.807) is 6.92 Å². The number of carbonyl (C=O) groups is 2. The summed E-state index contributed by atoms with van der Waals surface area (Å²) >= 11 is 2.36. The van der Waals surface area contributed by atoms with Crippen molar-refractivity contribution in [3.05, 3.63) is 33.1 Å². The summed E-state index contributed by atoms with van der Waals surface area (Å²) in [5.74, 6) is 0.0744. The van der Waals surface area contributed by atoms with Crippen LogP contribution in [-0.2, 0) is 11.2 Å². The molecule has 3 rings (SSSR count). The van der Waals surface area contributed by atoms with Crippen LogP contribution < -0.4 is 16.6 Å². The first-order valence-corrected chi connectivity index (χ1v) is 10.7. The van der Waals surface area contributed by atoms with E-state index in [2.05, 4.69) is 31.0 Å². The Bertz CT molecular complexity index is 1070. The second-order valence-corrected chi connectivity index (χ2v) is 7.87. The van der Waals surface area contributed by atoms with Crippen LogP contribution in [0, 0.1) is 13.8 Å². The van der Waals surface area contributed by atoms with Crippen molar-refractivity contribution in [3.8, 4) is 0 Å². The molecular formula is C18H24N6O3S2. The molecule has 0 saturated carbocycles. The summed E-state index contributed by atoms with van der Waals surface area (Å²) < 4.78 is 8.09. The number of anilines is 1. The average Bonchev–Trinajstić information content (AvgIpc) is 3.19. The predicted molar refractivity (Wildman–Crippen MR) is 116 cm³/mol. The van der Waals surface area contributed by atoms with Crippen LogP contribution in [0.1, 0.15) is 60.7 Å². The number of primary amides is 1. The Morgan fingerprint density at radius 3 is 2.41 bits per heavy atom. The number of amides is 2. The summed E-state index contributed by atoms with van der Waals surface area (Å²) in [7, 11) is 0. The lowest BCUT2D eigenvalue weighted by atomic mass is 10.2. The first-order valence-electron chi connectivity index (χ1n) is 9.19. The minimum atomic E-state index is -0.562. The van der Waals surface area contributed by atoms with Crippen molar-refractivity contribution in [2.75, 3.05) is 5.32 Å². The van der Waals surface area contributed by atoms with Gasteiger partial charge in [-0.2, -0.15) is 8.75 Å². The van der Waals surface area contributed by atoms with Crippen LogP contribution in [0.3, 0.4) is 0 Å². The number of aryl methyl sites for hydroxylation is 3. The van der Waals surface area contributed by atoms with Gasteiger partial charge in [0.2, 0.25) is 5.91 Å². The monoisotopic (exact) mass is 436 g/mol. The number of hydrogen-bond acceptors (Lipinski definition) is 8. The number of H-pyrrole nitrogens is 1. The van der Waals surface area contributed by atoms with Gasteiger partial charge in [-0.3, -0.25) is 14.4 Å². The van der Waals surface area contributed by atoms with Crippen molar-refractivity contribution in [2.24, 2.45) is 5.73 Å². The molecule has 0 aliphatic rings. The van der Waals surface area contributed by atoms with Gasteiger partial charge in [0.1, 0.15) is 10.8 Å². The lowest BCUT2D eigenvalue weighted by Crippen LogP contribution is -2.17. The normalized spacial score (nSPS) is 10.5. The highest BCUT2D eigenvalue weighted by Crippen LogP contribution is 2.24. The molecule has 11 heteroatoms. The fourth-order valence-electron chi connectivity index (χ4n) is 2.56. The van der Waals surface area contributed by atoms with Crippen LogP contribution >= 0.6 is 23.1 Å². The zero-order valence-corrected chi connectivity index (χ0v) is 18.4. The number of hydrogen-bond donors (Lipinski definition) is 3. The molecule has 0 aliphatic carbocycles. The van der Waals surface area contributed by atoms with E-state index < -0.39 is 5.91 Å². The zero-order valence-electron chi connectivity index (χ0n) is 16.8. The highest BCUT2D eigenvalue weighted by molar-refractivity contribution is 7.12. The Morgan fingerprint density at radius 2 is 1.79 bits per heavy atom. The molecule has 0 fully saturated rings. The molecule has 0 atom stereocenters. The van der Waals surface area contributed by atoms with Crippen molar-refractivity contribution < 1.29 is 9.59 Å². The van der Waals surface area contributed by atoms with E-state index in [0.29, 0.717) is 28.1 Å². The number of fused-ring (bicyclic) bond motifs is 1. The molecule has 0 aromatic carbocycles. The summed E-state index contributed by atoms with van der Waals surface area (Å²) in [5.41, 5.74) is 6.75. The van der Waals surface area contributed by atoms with Crippen LogP contribution in [0.5, 0.6) is 0 Å². The number of nitrogens with two attached hydrogens (primary N) is 1. The molecule has 3 heterocycles. The van der Waals surface area contributed by atoms with E-state index in [9.17, 15) is 14.4 Å². The Morgan fingerprint density at radius 1 is 1.10 bits per heavy atom. The summed E-state index contributed by atoms with van der Waals surface area (Å²) in [6.45, 7) is 7.48. The molecule has 0 spiro atoms. The number of nitrogens with zero attached hydrogens (tertiary/aromatic N) is 3.